The Kier molecular flexibility index (Phi) is 6.28. The fourth-order valence-electron chi connectivity index (χ4n) is 2.64. The van der Waals surface area contributed by atoms with Crippen LogP contribution in [0.5, 0.6) is 5.75 Å². The van der Waals surface area contributed by atoms with Crippen LogP contribution in [0, 0.1) is 6.92 Å². The van der Waals surface area contributed by atoms with Gasteiger partial charge in [0.1, 0.15) is 5.75 Å². The third-order valence-electron chi connectivity index (χ3n) is 3.74. The van der Waals surface area contributed by atoms with Crippen LogP contribution in [0.3, 0.4) is 0 Å². The molecule has 0 spiro atoms. The number of sulfonamides is 1. The molecular formula is C20H26N2O4S. The summed E-state index contributed by atoms with van der Waals surface area (Å²) in [4.78, 5) is 12.7. The smallest absolute Gasteiger partial charge is 0.255 e. The van der Waals surface area contributed by atoms with Crippen LogP contribution >= 0.6 is 0 Å². The van der Waals surface area contributed by atoms with Crippen molar-refractivity contribution in [1.82, 2.24) is 10.0 Å². The van der Waals surface area contributed by atoms with Gasteiger partial charge in [0.15, 0.2) is 0 Å². The van der Waals surface area contributed by atoms with Crippen LogP contribution in [0.15, 0.2) is 47.4 Å². The first-order valence-electron chi connectivity index (χ1n) is 8.58. The molecule has 0 aliphatic heterocycles. The summed E-state index contributed by atoms with van der Waals surface area (Å²) >= 11 is 0. The lowest BCUT2D eigenvalue weighted by molar-refractivity contribution is 0.0947. The molecule has 27 heavy (non-hydrogen) atoms. The van der Waals surface area contributed by atoms with Gasteiger partial charge in [0.25, 0.3) is 5.91 Å². The molecule has 0 atom stereocenters. The summed E-state index contributed by atoms with van der Waals surface area (Å²) in [7, 11) is -2.21. The minimum absolute atomic E-state index is 0.0805. The van der Waals surface area contributed by atoms with E-state index < -0.39 is 15.6 Å². The third-order valence-corrected chi connectivity index (χ3v) is 5.60. The van der Waals surface area contributed by atoms with Gasteiger partial charge in [0, 0.05) is 12.1 Å². The molecule has 1 amide bonds. The maximum atomic E-state index is 12.7. The number of carbonyl (C=O) groups is 1. The summed E-state index contributed by atoms with van der Waals surface area (Å²) in [5.74, 6) is 0.139. The van der Waals surface area contributed by atoms with Gasteiger partial charge >= 0.3 is 0 Å². The van der Waals surface area contributed by atoms with Crippen molar-refractivity contribution >= 4 is 15.9 Å². The molecule has 0 fully saturated rings. The molecule has 0 aliphatic carbocycles. The van der Waals surface area contributed by atoms with Crippen LogP contribution in [0.2, 0.25) is 0 Å². The second-order valence-corrected chi connectivity index (χ2v) is 9.00. The number of nitrogens with one attached hydrogen (secondary N) is 2. The van der Waals surface area contributed by atoms with Gasteiger partial charge < -0.3 is 10.1 Å². The van der Waals surface area contributed by atoms with Crippen molar-refractivity contribution in [3.05, 3.63) is 59.2 Å². The zero-order valence-corrected chi connectivity index (χ0v) is 17.1. The summed E-state index contributed by atoms with van der Waals surface area (Å²) in [5.41, 5.74) is 1.24. The lowest BCUT2D eigenvalue weighted by Crippen LogP contribution is -2.41. The van der Waals surface area contributed by atoms with Crippen LogP contribution in [-0.2, 0) is 16.6 Å². The number of hydrogen-bond donors (Lipinski definition) is 2. The zero-order chi connectivity index (χ0) is 20.2. The Morgan fingerprint density at radius 2 is 1.78 bits per heavy atom. The number of benzene rings is 2. The SMILES string of the molecule is COc1ccc(C)cc1C(=O)NCc1ccccc1S(=O)(=O)NC(C)(C)C. The highest BCUT2D eigenvalue weighted by Crippen LogP contribution is 2.21. The Balaban J connectivity index is 2.25. The Morgan fingerprint density at radius 3 is 2.41 bits per heavy atom. The number of aryl methyl sites for hydroxylation is 1. The van der Waals surface area contributed by atoms with Crippen molar-refractivity contribution in [3.8, 4) is 5.75 Å². The standard InChI is InChI=1S/C20H26N2O4S/c1-14-10-11-17(26-5)16(12-14)19(23)21-13-15-8-6-7-9-18(15)27(24,25)22-20(2,3)4/h6-12,22H,13H2,1-5H3,(H,21,23). The number of hydrogen-bond acceptors (Lipinski definition) is 4. The topological polar surface area (TPSA) is 84.5 Å². The Morgan fingerprint density at radius 1 is 1.11 bits per heavy atom. The van der Waals surface area contributed by atoms with E-state index in [4.69, 9.17) is 4.74 Å². The van der Waals surface area contributed by atoms with E-state index in [1.54, 1.807) is 51.1 Å². The van der Waals surface area contributed by atoms with Crippen LogP contribution in [-0.4, -0.2) is 27.0 Å². The Labute approximate surface area is 161 Å². The van der Waals surface area contributed by atoms with Gasteiger partial charge in [0.05, 0.1) is 17.6 Å². The maximum absolute atomic E-state index is 12.7. The molecule has 2 N–H and O–H groups in total. The molecule has 0 aromatic heterocycles. The van der Waals surface area contributed by atoms with E-state index in [1.165, 1.54) is 13.2 Å². The third kappa shape index (κ3) is 5.55. The van der Waals surface area contributed by atoms with Gasteiger partial charge in [0.2, 0.25) is 10.0 Å². The van der Waals surface area contributed by atoms with Crippen molar-refractivity contribution < 1.29 is 17.9 Å². The molecule has 0 aliphatic rings. The molecule has 0 saturated heterocycles. The molecule has 0 saturated carbocycles. The normalized spacial score (nSPS) is 11.9. The lowest BCUT2D eigenvalue weighted by Gasteiger charge is -2.21. The van der Waals surface area contributed by atoms with E-state index >= 15 is 0 Å². The van der Waals surface area contributed by atoms with Gasteiger partial charge in [-0.05, 0) is 51.5 Å². The number of ether oxygens (including phenoxy) is 1. The van der Waals surface area contributed by atoms with Crippen molar-refractivity contribution in [2.45, 2.75) is 44.7 Å². The highest BCUT2D eigenvalue weighted by molar-refractivity contribution is 7.89. The number of methoxy groups -OCH3 is 1. The zero-order valence-electron chi connectivity index (χ0n) is 16.3. The first-order chi connectivity index (χ1) is 12.5. The van der Waals surface area contributed by atoms with Crippen molar-refractivity contribution in [1.29, 1.82) is 0 Å². The quantitative estimate of drug-likeness (QED) is 0.794. The molecule has 0 unspecified atom stereocenters. The molecule has 0 heterocycles. The molecule has 0 bridgehead atoms. The number of rotatable bonds is 6. The maximum Gasteiger partial charge on any atom is 0.255 e. The molecular weight excluding hydrogens is 364 g/mol. The van der Waals surface area contributed by atoms with Crippen molar-refractivity contribution in [2.75, 3.05) is 7.11 Å². The largest absolute Gasteiger partial charge is 0.496 e. The minimum atomic E-state index is -3.71. The predicted octanol–water partition coefficient (Wildman–Crippen LogP) is 3.01. The average Bonchev–Trinajstić information content (AvgIpc) is 2.57. The average molecular weight is 391 g/mol. The highest BCUT2D eigenvalue weighted by atomic mass is 32.2. The number of amides is 1. The number of carbonyl (C=O) groups excluding carboxylic acids is 1. The predicted molar refractivity (Wildman–Crippen MR) is 105 cm³/mol. The fourth-order valence-corrected chi connectivity index (χ4v) is 4.30. The minimum Gasteiger partial charge on any atom is -0.496 e. The lowest BCUT2D eigenvalue weighted by atomic mass is 10.1. The molecule has 2 rings (SSSR count). The summed E-state index contributed by atoms with van der Waals surface area (Å²) in [6.07, 6.45) is 0. The van der Waals surface area contributed by atoms with Gasteiger partial charge in [-0.25, -0.2) is 13.1 Å². The summed E-state index contributed by atoms with van der Waals surface area (Å²) in [6, 6.07) is 11.9. The van der Waals surface area contributed by atoms with Crippen molar-refractivity contribution in [3.63, 3.8) is 0 Å². The van der Waals surface area contributed by atoms with Crippen molar-refractivity contribution in [2.24, 2.45) is 0 Å². The van der Waals surface area contributed by atoms with Crippen LogP contribution < -0.4 is 14.8 Å². The molecule has 2 aromatic carbocycles. The van der Waals surface area contributed by atoms with E-state index in [-0.39, 0.29) is 17.3 Å². The molecule has 7 heteroatoms. The Hall–Kier alpha value is -2.38. The van der Waals surface area contributed by atoms with E-state index in [1.807, 2.05) is 13.0 Å². The second-order valence-electron chi connectivity index (χ2n) is 7.35. The molecule has 0 radical (unpaired) electrons. The van der Waals surface area contributed by atoms with E-state index in [0.717, 1.165) is 5.56 Å². The van der Waals surface area contributed by atoms with Gasteiger partial charge in [-0.15, -0.1) is 0 Å². The summed E-state index contributed by atoms with van der Waals surface area (Å²) in [6.45, 7) is 7.30. The first-order valence-corrected chi connectivity index (χ1v) is 10.1. The van der Waals surface area contributed by atoms with Gasteiger partial charge in [-0.2, -0.15) is 0 Å². The molecule has 146 valence electrons. The summed E-state index contributed by atoms with van der Waals surface area (Å²) < 4.78 is 33.2. The highest BCUT2D eigenvalue weighted by Gasteiger charge is 2.24. The van der Waals surface area contributed by atoms with Gasteiger partial charge in [-0.3, -0.25) is 4.79 Å². The van der Waals surface area contributed by atoms with Gasteiger partial charge in [-0.1, -0.05) is 29.8 Å². The fraction of sp³-hybridized carbons (Fsp3) is 0.350. The van der Waals surface area contributed by atoms with Crippen LogP contribution in [0.25, 0.3) is 0 Å². The van der Waals surface area contributed by atoms with E-state index in [2.05, 4.69) is 10.0 Å². The Bertz CT molecular complexity index is 931. The van der Waals surface area contributed by atoms with Crippen LogP contribution in [0.4, 0.5) is 0 Å². The molecule has 2 aromatic rings. The first kappa shape index (κ1) is 20.9. The van der Waals surface area contributed by atoms with E-state index in [0.29, 0.717) is 16.9 Å². The summed E-state index contributed by atoms with van der Waals surface area (Å²) in [5, 5.41) is 2.78. The monoisotopic (exact) mass is 390 g/mol. The molecule has 6 nitrogen and oxygen atoms in total. The van der Waals surface area contributed by atoms with E-state index in [9.17, 15) is 13.2 Å². The second kappa shape index (κ2) is 8.10. The van der Waals surface area contributed by atoms with Crippen LogP contribution in [0.1, 0.15) is 42.3 Å².